The van der Waals surface area contributed by atoms with E-state index in [1.165, 1.54) is 0 Å². The quantitative estimate of drug-likeness (QED) is 0.679. The standard InChI is InChI=1S/C5H2BrF3N2/c6-4-2-11-10-1-3(4)5(7,8)9/h1-2H. The summed E-state index contributed by atoms with van der Waals surface area (Å²) in [6.45, 7) is 0. The van der Waals surface area contributed by atoms with Gasteiger partial charge in [-0.2, -0.15) is 23.4 Å². The van der Waals surface area contributed by atoms with Crippen LogP contribution in [0.3, 0.4) is 0 Å². The van der Waals surface area contributed by atoms with Crippen LogP contribution >= 0.6 is 15.9 Å². The lowest BCUT2D eigenvalue weighted by Gasteiger charge is -2.05. The Morgan fingerprint density at radius 3 is 2.09 bits per heavy atom. The molecule has 0 amide bonds. The Bertz CT molecular complexity index is 260. The van der Waals surface area contributed by atoms with Crippen LogP contribution in [0.2, 0.25) is 0 Å². The summed E-state index contributed by atoms with van der Waals surface area (Å²) in [6, 6.07) is 0. The molecule has 0 spiro atoms. The van der Waals surface area contributed by atoms with Crippen LogP contribution in [0.1, 0.15) is 5.56 Å². The van der Waals surface area contributed by atoms with E-state index in [1.807, 2.05) is 0 Å². The Hall–Kier alpha value is -0.650. The average Bonchev–Trinajstić information content (AvgIpc) is 1.86. The van der Waals surface area contributed by atoms with Crippen molar-refractivity contribution in [2.45, 2.75) is 6.18 Å². The summed E-state index contributed by atoms with van der Waals surface area (Å²) in [5, 5.41) is 6.37. The van der Waals surface area contributed by atoms with Crippen molar-refractivity contribution in [1.82, 2.24) is 10.2 Å². The number of alkyl halides is 3. The third-order valence-corrected chi connectivity index (χ3v) is 1.62. The SMILES string of the molecule is FC(F)(F)c1cnncc1Br. The smallest absolute Gasteiger partial charge is 0.166 e. The van der Waals surface area contributed by atoms with Crippen molar-refractivity contribution in [3.8, 4) is 0 Å². The highest BCUT2D eigenvalue weighted by Crippen LogP contribution is 2.33. The molecule has 0 bridgehead atoms. The van der Waals surface area contributed by atoms with Gasteiger partial charge in [-0.05, 0) is 15.9 Å². The fraction of sp³-hybridized carbons (Fsp3) is 0.200. The molecular formula is C5H2BrF3N2. The van der Waals surface area contributed by atoms with E-state index in [9.17, 15) is 13.2 Å². The highest BCUT2D eigenvalue weighted by molar-refractivity contribution is 9.10. The Morgan fingerprint density at radius 1 is 1.18 bits per heavy atom. The molecule has 6 heteroatoms. The van der Waals surface area contributed by atoms with E-state index in [0.29, 0.717) is 6.20 Å². The zero-order valence-corrected chi connectivity index (χ0v) is 6.65. The lowest BCUT2D eigenvalue weighted by atomic mass is 10.3. The fourth-order valence-electron chi connectivity index (χ4n) is 0.515. The highest BCUT2D eigenvalue weighted by atomic mass is 79.9. The first-order valence-corrected chi connectivity index (χ1v) is 3.34. The van der Waals surface area contributed by atoms with Gasteiger partial charge in [0.1, 0.15) is 0 Å². The van der Waals surface area contributed by atoms with Gasteiger partial charge in [0.2, 0.25) is 0 Å². The zero-order chi connectivity index (χ0) is 8.48. The minimum absolute atomic E-state index is 0.0972. The van der Waals surface area contributed by atoms with Gasteiger partial charge in [0.15, 0.2) is 0 Å². The molecule has 1 heterocycles. The normalized spacial score (nSPS) is 11.6. The molecule has 0 unspecified atom stereocenters. The van der Waals surface area contributed by atoms with E-state index in [4.69, 9.17) is 0 Å². The number of halogens is 4. The molecule has 0 aliphatic carbocycles. The van der Waals surface area contributed by atoms with Crippen molar-refractivity contribution in [3.63, 3.8) is 0 Å². The Balaban J connectivity index is 3.14. The molecule has 0 saturated heterocycles. The number of hydrogen-bond donors (Lipinski definition) is 0. The fourth-order valence-corrected chi connectivity index (χ4v) is 0.934. The first-order valence-electron chi connectivity index (χ1n) is 2.55. The van der Waals surface area contributed by atoms with Crippen molar-refractivity contribution >= 4 is 15.9 Å². The number of hydrogen-bond acceptors (Lipinski definition) is 2. The van der Waals surface area contributed by atoms with E-state index >= 15 is 0 Å². The Morgan fingerprint density at radius 2 is 1.73 bits per heavy atom. The van der Waals surface area contributed by atoms with Crippen molar-refractivity contribution in [2.24, 2.45) is 0 Å². The molecule has 1 rings (SSSR count). The van der Waals surface area contributed by atoms with Gasteiger partial charge in [-0.15, -0.1) is 0 Å². The van der Waals surface area contributed by atoms with Crippen molar-refractivity contribution in [3.05, 3.63) is 22.4 Å². The summed E-state index contributed by atoms with van der Waals surface area (Å²) in [5.41, 5.74) is -0.813. The lowest BCUT2D eigenvalue weighted by molar-refractivity contribution is -0.138. The molecule has 60 valence electrons. The van der Waals surface area contributed by atoms with Gasteiger partial charge >= 0.3 is 6.18 Å². The van der Waals surface area contributed by atoms with Gasteiger partial charge in [0.05, 0.1) is 22.4 Å². The molecule has 1 aromatic heterocycles. The second-order valence-corrected chi connectivity index (χ2v) is 2.60. The maximum atomic E-state index is 12.0. The van der Waals surface area contributed by atoms with Crippen molar-refractivity contribution < 1.29 is 13.2 Å². The van der Waals surface area contributed by atoms with Crippen LogP contribution in [-0.4, -0.2) is 10.2 Å². The van der Waals surface area contributed by atoms with Crippen molar-refractivity contribution in [2.75, 3.05) is 0 Å². The van der Waals surface area contributed by atoms with E-state index in [-0.39, 0.29) is 4.47 Å². The minimum Gasteiger partial charge on any atom is -0.166 e. The molecular weight excluding hydrogens is 225 g/mol. The molecule has 11 heavy (non-hydrogen) atoms. The molecule has 0 aliphatic rings. The molecule has 2 nitrogen and oxygen atoms in total. The molecule has 0 atom stereocenters. The van der Waals surface area contributed by atoms with Gasteiger partial charge < -0.3 is 0 Å². The number of rotatable bonds is 0. The van der Waals surface area contributed by atoms with Crippen LogP contribution < -0.4 is 0 Å². The first kappa shape index (κ1) is 8.45. The van der Waals surface area contributed by atoms with Crippen molar-refractivity contribution in [1.29, 1.82) is 0 Å². The Labute approximate surface area is 68.6 Å². The van der Waals surface area contributed by atoms with Gasteiger partial charge in [-0.3, -0.25) is 0 Å². The topological polar surface area (TPSA) is 25.8 Å². The summed E-state index contributed by atoms with van der Waals surface area (Å²) in [6.07, 6.45) is -2.69. The third-order valence-electron chi connectivity index (χ3n) is 0.987. The Kier molecular flexibility index (Phi) is 2.12. The summed E-state index contributed by atoms with van der Waals surface area (Å²) < 4.78 is 35.8. The average molecular weight is 227 g/mol. The van der Waals surface area contributed by atoms with Crippen LogP contribution in [0.25, 0.3) is 0 Å². The second-order valence-electron chi connectivity index (χ2n) is 1.75. The van der Waals surface area contributed by atoms with Crippen LogP contribution in [-0.2, 0) is 6.18 Å². The second kappa shape index (κ2) is 2.77. The monoisotopic (exact) mass is 226 g/mol. The molecule has 0 fully saturated rings. The summed E-state index contributed by atoms with van der Waals surface area (Å²) in [7, 11) is 0. The predicted octanol–water partition coefficient (Wildman–Crippen LogP) is 2.26. The summed E-state index contributed by atoms with van der Waals surface area (Å²) in [5.74, 6) is 0. The van der Waals surface area contributed by atoms with Gasteiger partial charge in [0.25, 0.3) is 0 Å². The van der Waals surface area contributed by atoms with Crippen LogP contribution in [0, 0.1) is 0 Å². The largest absolute Gasteiger partial charge is 0.419 e. The third kappa shape index (κ3) is 1.89. The zero-order valence-electron chi connectivity index (χ0n) is 5.06. The highest BCUT2D eigenvalue weighted by Gasteiger charge is 2.33. The van der Waals surface area contributed by atoms with E-state index in [2.05, 4.69) is 26.1 Å². The molecule has 0 aliphatic heterocycles. The lowest BCUT2D eigenvalue weighted by Crippen LogP contribution is -2.06. The van der Waals surface area contributed by atoms with Crippen LogP contribution in [0.15, 0.2) is 16.9 Å². The number of nitrogens with zero attached hydrogens (tertiary/aromatic N) is 2. The number of aromatic nitrogens is 2. The molecule has 0 N–H and O–H groups in total. The van der Waals surface area contributed by atoms with Crippen LogP contribution in [0.5, 0.6) is 0 Å². The predicted molar refractivity (Wildman–Crippen MR) is 34.7 cm³/mol. The van der Waals surface area contributed by atoms with E-state index in [0.717, 1.165) is 6.20 Å². The van der Waals surface area contributed by atoms with Gasteiger partial charge in [-0.1, -0.05) is 0 Å². The molecule has 0 saturated carbocycles. The maximum absolute atomic E-state index is 12.0. The maximum Gasteiger partial charge on any atom is 0.419 e. The summed E-state index contributed by atoms with van der Waals surface area (Å²) in [4.78, 5) is 0. The van der Waals surface area contributed by atoms with Gasteiger partial charge in [-0.25, -0.2) is 0 Å². The molecule has 1 aromatic rings. The van der Waals surface area contributed by atoms with Gasteiger partial charge in [0, 0.05) is 0 Å². The minimum atomic E-state index is -4.37. The molecule has 0 radical (unpaired) electrons. The van der Waals surface area contributed by atoms with E-state index in [1.54, 1.807) is 0 Å². The molecule has 0 aromatic carbocycles. The summed E-state index contributed by atoms with van der Waals surface area (Å²) >= 11 is 2.71. The van der Waals surface area contributed by atoms with Crippen LogP contribution in [0.4, 0.5) is 13.2 Å². The first-order chi connectivity index (χ1) is 5.02. The van der Waals surface area contributed by atoms with E-state index < -0.39 is 11.7 Å².